The molecule has 0 saturated carbocycles. The number of rotatable bonds is 7. The Labute approximate surface area is 383 Å². The summed E-state index contributed by atoms with van der Waals surface area (Å²) < 4.78 is 19.4. The lowest BCUT2D eigenvalue weighted by molar-refractivity contribution is 0.415. The van der Waals surface area contributed by atoms with E-state index in [2.05, 4.69) is 180 Å². The van der Waals surface area contributed by atoms with E-state index < -0.39 is 0 Å². The molecule has 0 aliphatic heterocycles. The van der Waals surface area contributed by atoms with Gasteiger partial charge in [0.25, 0.3) is 0 Å². The molecule has 0 radical (unpaired) electrons. The van der Waals surface area contributed by atoms with E-state index in [-0.39, 0.29) is 5.75 Å². The maximum absolute atomic E-state index is 10.6. The number of furan rings is 2. The first-order valence-corrected chi connectivity index (χ1v) is 22.5. The van der Waals surface area contributed by atoms with E-state index in [9.17, 15) is 5.11 Å². The van der Waals surface area contributed by atoms with Crippen LogP contribution in [-0.4, -0.2) is 12.2 Å². The molecule has 0 saturated heterocycles. The molecule has 0 aliphatic rings. The first-order valence-electron chi connectivity index (χ1n) is 22.5. The van der Waals surface area contributed by atoms with Gasteiger partial charge in [0.15, 0.2) is 11.2 Å². The average Bonchev–Trinajstić information content (AvgIpc) is 3.97. The second-order valence-corrected chi connectivity index (χ2v) is 17.3. The molecule has 6 nitrogen and oxygen atoms in total. The summed E-state index contributed by atoms with van der Waals surface area (Å²) in [7, 11) is 1.70. The van der Waals surface area contributed by atoms with Gasteiger partial charge in [-0.2, -0.15) is 0 Å². The summed E-state index contributed by atoms with van der Waals surface area (Å²) >= 11 is 0. The first kappa shape index (κ1) is 37.4. The van der Waals surface area contributed by atoms with E-state index in [1.54, 1.807) is 19.2 Å². The average molecular weight is 863 g/mol. The predicted molar refractivity (Wildman–Crippen MR) is 277 cm³/mol. The molecule has 2 aromatic heterocycles. The van der Waals surface area contributed by atoms with Gasteiger partial charge >= 0.3 is 0 Å². The molecule has 2 heterocycles. The van der Waals surface area contributed by atoms with E-state index in [0.29, 0.717) is 0 Å². The molecule has 14 aromatic rings. The van der Waals surface area contributed by atoms with Gasteiger partial charge in [0.05, 0.1) is 29.9 Å². The van der Waals surface area contributed by atoms with Crippen LogP contribution in [0.15, 0.2) is 215 Å². The van der Waals surface area contributed by atoms with Crippen LogP contribution in [0.5, 0.6) is 11.5 Å². The number of ether oxygens (including phenoxy) is 1. The lowest BCUT2D eigenvalue weighted by Gasteiger charge is -2.29. The Morgan fingerprint density at radius 3 is 1.27 bits per heavy atom. The lowest BCUT2D eigenvalue weighted by atomic mass is 9.91. The number of aromatic hydroxyl groups is 1. The number of phenols is 1. The number of benzene rings is 12. The van der Waals surface area contributed by atoms with Crippen LogP contribution < -0.4 is 14.5 Å². The molecular weight excluding hydrogens is 825 g/mol. The maximum atomic E-state index is 10.6. The van der Waals surface area contributed by atoms with Crippen molar-refractivity contribution in [2.24, 2.45) is 0 Å². The highest BCUT2D eigenvalue weighted by Gasteiger charge is 2.26. The number of phenolic OH excluding ortho intramolecular Hbond substituents is 1. The fourth-order valence-electron chi connectivity index (χ4n) is 10.8. The highest BCUT2D eigenvalue weighted by atomic mass is 16.5. The molecule has 316 valence electrons. The SMILES string of the molecule is COc1ccc(N(c2ccc3ccc4c(N(c5ccc(O)cc5)c5cccc6c5oc5ccc7ccccc7c56)ccc5ccc2c3c54)c2cccc3c2oc2ccc4ccccc4c23)cc1. The predicted octanol–water partition coefficient (Wildman–Crippen LogP) is 17.3. The van der Waals surface area contributed by atoms with E-state index in [0.717, 1.165) is 132 Å². The highest BCUT2D eigenvalue weighted by molar-refractivity contribution is 6.29. The van der Waals surface area contributed by atoms with Crippen molar-refractivity contribution < 1.29 is 18.7 Å². The number of nitrogens with zero attached hydrogens (tertiary/aromatic N) is 2. The van der Waals surface area contributed by atoms with Crippen LogP contribution in [0.4, 0.5) is 34.1 Å². The van der Waals surface area contributed by atoms with Gasteiger partial charge in [-0.25, -0.2) is 0 Å². The van der Waals surface area contributed by atoms with Gasteiger partial charge in [-0.3, -0.25) is 0 Å². The highest BCUT2D eigenvalue weighted by Crippen LogP contribution is 2.51. The van der Waals surface area contributed by atoms with Crippen molar-refractivity contribution in [1.29, 1.82) is 0 Å². The quantitative estimate of drug-likeness (QED) is 0.161. The lowest BCUT2D eigenvalue weighted by Crippen LogP contribution is -2.12. The van der Waals surface area contributed by atoms with E-state index in [4.69, 9.17) is 13.6 Å². The normalized spacial score (nSPS) is 12.0. The molecule has 0 amide bonds. The Morgan fingerprint density at radius 1 is 0.343 bits per heavy atom. The van der Waals surface area contributed by atoms with E-state index in [1.165, 1.54) is 5.39 Å². The van der Waals surface area contributed by atoms with Gasteiger partial charge in [-0.05, 0) is 128 Å². The number of fused-ring (bicyclic) bond motifs is 10. The van der Waals surface area contributed by atoms with Crippen LogP contribution in [0.3, 0.4) is 0 Å². The maximum Gasteiger partial charge on any atom is 0.159 e. The third kappa shape index (κ3) is 5.50. The van der Waals surface area contributed by atoms with Gasteiger partial charge in [0, 0.05) is 43.7 Å². The standard InChI is InChI=1S/C61H38N2O4/c1-65-43-28-24-41(25-29-43)63(53-15-7-13-49-59-45-11-5-3-9-37(45)21-35-55(59)67-61(49)53)51-33-19-39-16-30-46-50(32-18-38-17-31-47(51)57(39)56(38)46)62(40-22-26-42(64)27-23-40)52-14-6-12-48-58-44-10-4-2-8-36(44)20-34-54(58)66-60(48)52/h2-35,64H,1H3. The van der Waals surface area contributed by atoms with Gasteiger partial charge in [0.2, 0.25) is 0 Å². The fourth-order valence-corrected chi connectivity index (χ4v) is 10.8. The largest absolute Gasteiger partial charge is 0.508 e. The van der Waals surface area contributed by atoms with Crippen LogP contribution in [0.1, 0.15) is 0 Å². The summed E-state index contributed by atoms with van der Waals surface area (Å²) in [4.78, 5) is 4.60. The molecule has 6 heteroatoms. The smallest absolute Gasteiger partial charge is 0.159 e. The minimum atomic E-state index is 0.202. The third-order valence-corrected chi connectivity index (χ3v) is 13.8. The minimum Gasteiger partial charge on any atom is -0.508 e. The van der Waals surface area contributed by atoms with E-state index in [1.807, 2.05) is 24.3 Å². The van der Waals surface area contributed by atoms with Crippen molar-refractivity contribution in [3.05, 3.63) is 206 Å². The van der Waals surface area contributed by atoms with Crippen molar-refractivity contribution in [2.45, 2.75) is 0 Å². The second-order valence-electron chi connectivity index (χ2n) is 17.3. The Kier molecular flexibility index (Phi) is 7.95. The topological polar surface area (TPSA) is 62.2 Å². The van der Waals surface area contributed by atoms with Crippen molar-refractivity contribution >= 4 is 132 Å². The monoisotopic (exact) mass is 862 g/mol. The Morgan fingerprint density at radius 2 is 0.776 bits per heavy atom. The molecule has 14 rings (SSSR count). The molecular formula is C61H38N2O4. The zero-order valence-electron chi connectivity index (χ0n) is 36.2. The summed E-state index contributed by atoms with van der Waals surface area (Å²) in [5, 5.41) is 26.3. The summed E-state index contributed by atoms with van der Waals surface area (Å²) in [6, 6.07) is 71.9. The van der Waals surface area contributed by atoms with Crippen molar-refractivity contribution in [3.63, 3.8) is 0 Å². The first-order chi connectivity index (χ1) is 33.1. The van der Waals surface area contributed by atoms with Crippen LogP contribution in [0, 0.1) is 0 Å². The van der Waals surface area contributed by atoms with E-state index >= 15 is 0 Å². The van der Waals surface area contributed by atoms with Crippen molar-refractivity contribution in [1.82, 2.24) is 0 Å². The number of hydrogen-bond acceptors (Lipinski definition) is 6. The molecule has 12 aromatic carbocycles. The summed E-state index contributed by atoms with van der Waals surface area (Å²) in [6.07, 6.45) is 0. The summed E-state index contributed by atoms with van der Waals surface area (Å²) in [5.41, 5.74) is 9.00. The summed E-state index contributed by atoms with van der Waals surface area (Å²) in [6.45, 7) is 0. The molecule has 67 heavy (non-hydrogen) atoms. The minimum absolute atomic E-state index is 0.202. The van der Waals surface area contributed by atoms with Crippen LogP contribution >= 0.6 is 0 Å². The molecule has 0 spiro atoms. The number of methoxy groups -OCH3 is 1. The summed E-state index contributed by atoms with van der Waals surface area (Å²) in [5.74, 6) is 0.984. The number of hydrogen-bond donors (Lipinski definition) is 1. The molecule has 0 unspecified atom stereocenters. The fraction of sp³-hybridized carbons (Fsp3) is 0.0164. The Balaban J connectivity index is 1.03. The van der Waals surface area contributed by atoms with Crippen molar-refractivity contribution in [3.8, 4) is 11.5 Å². The van der Waals surface area contributed by atoms with Gasteiger partial charge in [-0.1, -0.05) is 121 Å². The number of anilines is 6. The zero-order chi connectivity index (χ0) is 44.3. The molecule has 1 N–H and O–H groups in total. The van der Waals surface area contributed by atoms with Crippen LogP contribution in [0.25, 0.3) is 97.7 Å². The third-order valence-electron chi connectivity index (χ3n) is 13.8. The number of para-hydroxylation sites is 2. The molecule has 0 atom stereocenters. The van der Waals surface area contributed by atoms with Gasteiger partial charge in [-0.15, -0.1) is 0 Å². The Bertz CT molecular complexity index is 4280. The Hall–Kier alpha value is -9.00. The van der Waals surface area contributed by atoms with Crippen LogP contribution in [-0.2, 0) is 0 Å². The second kappa shape index (κ2) is 14.2. The van der Waals surface area contributed by atoms with Gasteiger partial charge < -0.3 is 28.5 Å². The zero-order valence-corrected chi connectivity index (χ0v) is 36.2. The molecule has 0 aliphatic carbocycles. The van der Waals surface area contributed by atoms with Crippen LogP contribution in [0.2, 0.25) is 0 Å². The molecule has 0 fully saturated rings. The van der Waals surface area contributed by atoms with Crippen molar-refractivity contribution in [2.75, 3.05) is 16.9 Å². The van der Waals surface area contributed by atoms with Gasteiger partial charge in [0.1, 0.15) is 22.7 Å². The molecule has 0 bridgehead atoms.